The molecule has 0 radical (unpaired) electrons. The number of Topliss-reactive ketones (excluding diaryl/α,β-unsaturated/α-hetero) is 1. The molecule has 0 aliphatic carbocycles. The summed E-state index contributed by atoms with van der Waals surface area (Å²) in [7, 11) is 1.44. The fourth-order valence-corrected chi connectivity index (χ4v) is 2.35. The molecule has 0 saturated heterocycles. The molecule has 0 bridgehead atoms. The number of amides is 1. The topological polar surface area (TPSA) is 90.5 Å². The lowest BCUT2D eigenvalue weighted by Crippen LogP contribution is -2.40. The number of H-pyrrole nitrogens is 1. The van der Waals surface area contributed by atoms with Crippen molar-refractivity contribution in [2.24, 2.45) is 0 Å². The highest BCUT2D eigenvalue weighted by molar-refractivity contribution is 6.03. The Morgan fingerprint density at radius 2 is 1.90 bits per heavy atom. The maximum Gasteiger partial charge on any atom is 0.326 e. The maximum atomic E-state index is 12.5. The molecule has 116 valence electrons. The van der Waals surface area contributed by atoms with Crippen LogP contribution >= 0.6 is 0 Å². The number of carboxylic acids is 1. The van der Waals surface area contributed by atoms with Gasteiger partial charge in [0.25, 0.3) is 5.91 Å². The third-order valence-electron chi connectivity index (χ3n) is 3.62. The number of rotatable bonds is 6. The molecule has 1 amide bonds. The Bertz CT molecular complexity index is 574. The lowest BCUT2D eigenvalue weighted by molar-refractivity contribution is -0.141. The highest BCUT2D eigenvalue weighted by Crippen LogP contribution is 2.23. The zero-order valence-corrected chi connectivity index (χ0v) is 13.1. The Labute approximate surface area is 124 Å². The van der Waals surface area contributed by atoms with E-state index in [1.165, 1.54) is 20.9 Å². The van der Waals surface area contributed by atoms with Crippen molar-refractivity contribution in [1.82, 2.24) is 9.88 Å². The Balaban J connectivity index is 3.30. The van der Waals surface area contributed by atoms with Crippen molar-refractivity contribution in [3.8, 4) is 0 Å². The summed E-state index contributed by atoms with van der Waals surface area (Å²) in [5, 5.41) is 9.01. The molecule has 1 heterocycles. The van der Waals surface area contributed by atoms with Crippen LogP contribution in [0.2, 0.25) is 0 Å². The van der Waals surface area contributed by atoms with E-state index < -0.39 is 17.9 Å². The van der Waals surface area contributed by atoms with E-state index in [2.05, 4.69) is 4.98 Å². The number of hydrogen-bond acceptors (Lipinski definition) is 3. The van der Waals surface area contributed by atoms with Crippen LogP contribution in [0.4, 0.5) is 0 Å². The number of nitrogens with one attached hydrogen (secondary N) is 1. The summed E-state index contributed by atoms with van der Waals surface area (Å²) in [6.07, 6.45) is 1.38. The van der Waals surface area contributed by atoms with Gasteiger partial charge in [0.15, 0.2) is 5.78 Å². The van der Waals surface area contributed by atoms with E-state index in [0.717, 1.165) is 11.3 Å². The third kappa shape index (κ3) is 3.32. The molecule has 0 aromatic carbocycles. The van der Waals surface area contributed by atoms with Crippen LogP contribution in [-0.4, -0.2) is 45.7 Å². The van der Waals surface area contributed by atoms with Crippen LogP contribution < -0.4 is 0 Å². The first-order valence-corrected chi connectivity index (χ1v) is 6.94. The molecule has 1 rings (SSSR count). The number of aromatic amines is 1. The van der Waals surface area contributed by atoms with Crippen molar-refractivity contribution < 1.29 is 19.5 Å². The van der Waals surface area contributed by atoms with Crippen LogP contribution in [0.15, 0.2) is 0 Å². The molecule has 0 aliphatic rings. The quantitative estimate of drug-likeness (QED) is 0.785. The first-order chi connectivity index (χ1) is 9.72. The van der Waals surface area contributed by atoms with E-state index in [-0.39, 0.29) is 5.78 Å². The second kappa shape index (κ2) is 6.56. The van der Waals surface area contributed by atoms with Gasteiger partial charge in [-0.3, -0.25) is 9.59 Å². The summed E-state index contributed by atoms with van der Waals surface area (Å²) >= 11 is 0. The van der Waals surface area contributed by atoms with Crippen molar-refractivity contribution in [3.63, 3.8) is 0 Å². The van der Waals surface area contributed by atoms with Crippen LogP contribution in [0, 0.1) is 6.92 Å². The van der Waals surface area contributed by atoms with Gasteiger partial charge in [-0.25, -0.2) is 4.79 Å². The van der Waals surface area contributed by atoms with Gasteiger partial charge in [-0.2, -0.15) is 0 Å². The second-order valence-corrected chi connectivity index (χ2v) is 5.22. The first-order valence-electron chi connectivity index (χ1n) is 6.94. The average Bonchev–Trinajstić information content (AvgIpc) is 2.73. The summed E-state index contributed by atoms with van der Waals surface area (Å²) < 4.78 is 0. The molecular formula is C15H22N2O4. The van der Waals surface area contributed by atoms with Crippen molar-refractivity contribution >= 4 is 17.7 Å². The van der Waals surface area contributed by atoms with E-state index >= 15 is 0 Å². The Morgan fingerprint density at radius 1 is 1.33 bits per heavy atom. The van der Waals surface area contributed by atoms with Crippen molar-refractivity contribution in [3.05, 3.63) is 22.5 Å². The number of aryl methyl sites for hydroxylation is 1. The number of hydrogen-bond donors (Lipinski definition) is 2. The second-order valence-electron chi connectivity index (χ2n) is 5.22. The molecule has 1 aromatic heterocycles. The van der Waals surface area contributed by atoms with E-state index in [1.807, 2.05) is 6.92 Å². The van der Waals surface area contributed by atoms with Gasteiger partial charge >= 0.3 is 5.97 Å². The van der Waals surface area contributed by atoms with E-state index in [1.54, 1.807) is 6.92 Å². The molecule has 0 saturated carbocycles. The smallest absolute Gasteiger partial charge is 0.326 e. The van der Waals surface area contributed by atoms with Gasteiger partial charge in [0.05, 0.1) is 0 Å². The normalized spacial score (nSPS) is 12.0. The predicted molar refractivity (Wildman–Crippen MR) is 78.7 cm³/mol. The number of aliphatic carboxylic acids is 1. The number of likely N-dealkylation sites (N-methyl/N-ethyl adjacent to an activating group) is 1. The first kappa shape index (κ1) is 16.9. The third-order valence-corrected chi connectivity index (χ3v) is 3.62. The molecule has 0 fully saturated rings. The number of ketones is 1. The van der Waals surface area contributed by atoms with Crippen molar-refractivity contribution in [1.29, 1.82) is 0 Å². The Morgan fingerprint density at radius 3 is 2.33 bits per heavy atom. The highest BCUT2D eigenvalue weighted by Gasteiger charge is 2.28. The van der Waals surface area contributed by atoms with Gasteiger partial charge < -0.3 is 15.0 Å². The fraction of sp³-hybridized carbons (Fsp3) is 0.533. The van der Waals surface area contributed by atoms with Crippen LogP contribution in [0.5, 0.6) is 0 Å². The lowest BCUT2D eigenvalue weighted by atomic mass is 10.0. The maximum absolute atomic E-state index is 12.5. The van der Waals surface area contributed by atoms with Gasteiger partial charge in [0.1, 0.15) is 11.7 Å². The van der Waals surface area contributed by atoms with Gasteiger partial charge in [-0.1, -0.05) is 13.3 Å². The average molecular weight is 294 g/mol. The zero-order chi connectivity index (χ0) is 16.3. The Hall–Kier alpha value is -2.11. The van der Waals surface area contributed by atoms with Crippen molar-refractivity contribution in [2.75, 3.05) is 7.05 Å². The molecule has 0 aliphatic heterocycles. The van der Waals surface area contributed by atoms with E-state index in [4.69, 9.17) is 5.11 Å². The number of aromatic nitrogens is 1. The summed E-state index contributed by atoms with van der Waals surface area (Å²) in [4.78, 5) is 39.4. The molecule has 6 heteroatoms. The molecular weight excluding hydrogens is 272 g/mol. The number of carbonyl (C=O) groups is 3. The molecule has 1 unspecified atom stereocenters. The number of carbonyl (C=O) groups excluding carboxylic acids is 2. The molecule has 1 aromatic rings. The monoisotopic (exact) mass is 294 g/mol. The lowest BCUT2D eigenvalue weighted by Gasteiger charge is -2.21. The van der Waals surface area contributed by atoms with Gasteiger partial charge in [-0.05, 0) is 32.8 Å². The van der Waals surface area contributed by atoms with E-state index in [0.29, 0.717) is 28.9 Å². The number of nitrogens with zero attached hydrogens (tertiary/aromatic N) is 1. The molecule has 2 N–H and O–H groups in total. The van der Waals surface area contributed by atoms with Crippen LogP contribution in [0.1, 0.15) is 59.3 Å². The van der Waals surface area contributed by atoms with Gasteiger partial charge in [0.2, 0.25) is 0 Å². The fourth-order valence-electron chi connectivity index (χ4n) is 2.35. The minimum absolute atomic E-state index is 0.0970. The summed E-state index contributed by atoms with van der Waals surface area (Å²) in [5.41, 5.74) is 2.18. The molecule has 21 heavy (non-hydrogen) atoms. The molecule has 0 spiro atoms. The predicted octanol–water partition coefficient (Wildman–Crippen LogP) is 2.02. The molecule has 6 nitrogen and oxygen atoms in total. The minimum Gasteiger partial charge on any atom is -0.480 e. The van der Waals surface area contributed by atoms with Crippen LogP contribution in [-0.2, 0) is 11.2 Å². The summed E-state index contributed by atoms with van der Waals surface area (Å²) in [6.45, 7) is 6.62. The number of carboxylic acid groups (broad SMARTS) is 1. The standard InChI is InChI=1S/C15H22N2O4/c1-6-7-11-12(10(4)18)8(2)16-13(11)14(19)17(5)9(3)15(20)21/h9,16H,6-7H2,1-5H3,(H,20,21). The van der Waals surface area contributed by atoms with Crippen molar-refractivity contribution in [2.45, 2.75) is 46.6 Å². The van der Waals surface area contributed by atoms with Crippen LogP contribution in [0.3, 0.4) is 0 Å². The summed E-state index contributed by atoms with van der Waals surface area (Å²) in [5.74, 6) is -1.58. The van der Waals surface area contributed by atoms with Gasteiger partial charge in [-0.15, -0.1) is 0 Å². The highest BCUT2D eigenvalue weighted by atomic mass is 16.4. The Kier molecular flexibility index (Phi) is 5.29. The van der Waals surface area contributed by atoms with Crippen LogP contribution in [0.25, 0.3) is 0 Å². The SMILES string of the molecule is CCCc1c(C(=O)N(C)C(C)C(=O)O)[nH]c(C)c1C(C)=O. The molecule has 1 atom stereocenters. The van der Waals surface area contributed by atoms with E-state index in [9.17, 15) is 14.4 Å². The zero-order valence-electron chi connectivity index (χ0n) is 13.1. The van der Waals surface area contributed by atoms with Gasteiger partial charge in [0, 0.05) is 18.3 Å². The summed E-state index contributed by atoms with van der Waals surface area (Å²) in [6, 6.07) is -0.934. The largest absolute Gasteiger partial charge is 0.480 e. The minimum atomic E-state index is -1.07.